The van der Waals surface area contributed by atoms with E-state index in [4.69, 9.17) is 0 Å². The van der Waals surface area contributed by atoms with E-state index in [1.807, 2.05) is 0 Å². The van der Waals surface area contributed by atoms with Crippen LogP contribution in [-0.2, 0) is 4.74 Å². The highest BCUT2D eigenvalue weighted by atomic mass is 32.1. The van der Waals surface area contributed by atoms with Crippen molar-refractivity contribution in [2.45, 2.75) is 12.3 Å². The van der Waals surface area contributed by atoms with Gasteiger partial charge in [-0.2, -0.15) is 21.4 Å². The maximum atomic E-state index is 12.0. The first-order valence-corrected chi connectivity index (χ1v) is 3.48. The van der Waals surface area contributed by atoms with Crippen molar-refractivity contribution in [3.8, 4) is 0 Å². The highest BCUT2D eigenvalue weighted by Gasteiger charge is 2.40. The molecule has 0 radical (unpaired) electrons. The normalized spacial score (nSPS) is 12.5. The van der Waals surface area contributed by atoms with Crippen LogP contribution in [0.4, 0.5) is 17.6 Å². The second kappa shape index (κ2) is 4.82. The Kier molecular flexibility index (Phi) is 4.83. The van der Waals surface area contributed by atoms with E-state index in [0.29, 0.717) is 0 Å². The predicted octanol–water partition coefficient (Wildman–Crippen LogP) is 1.83. The van der Waals surface area contributed by atoms with Crippen molar-refractivity contribution in [1.82, 2.24) is 0 Å². The van der Waals surface area contributed by atoms with Crippen molar-refractivity contribution in [2.75, 3.05) is 19.0 Å². The minimum atomic E-state index is -4.04. The van der Waals surface area contributed by atoms with E-state index in [1.54, 1.807) is 0 Å². The fourth-order valence-corrected chi connectivity index (χ4v) is 0.465. The molecule has 1 nitrogen and oxygen atoms in total. The molecule has 0 spiro atoms. The van der Waals surface area contributed by atoms with Crippen LogP contribution in [0.15, 0.2) is 0 Å². The van der Waals surface area contributed by atoms with Gasteiger partial charge in [-0.15, -0.1) is 0 Å². The highest BCUT2D eigenvalue weighted by Crippen LogP contribution is 2.22. The first kappa shape index (κ1) is 11.0. The zero-order chi connectivity index (χ0) is 8.91. The molecule has 0 saturated carbocycles. The van der Waals surface area contributed by atoms with Gasteiger partial charge in [0.2, 0.25) is 0 Å². The second-order valence-corrected chi connectivity index (χ2v) is 2.29. The third-order valence-electron chi connectivity index (χ3n) is 0.849. The first-order chi connectivity index (χ1) is 5.00. The third-order valence-corrected chi connectivity index (χ3v) is 1.03. The average Bonchev–Trinajstić information content (AvgIpc) is 1.88. The molecule has 6 heteroatoms. The van der Waals surface area contributed by atoms with E-state index in [1.165, 1.54) is 0 Å². The van der Waals surface area contributed by atoms with Crippen LogP contribution in [0, 0.1) is 0 Å². The molecule has 0 bridgehead atoms. The molecule has 0 rings (SSSR count). The molecule has 0 aliphatic heterocycles. The highest BCUT2D eigenvalue weighted by molar-refractivity contribution is 7.80. The molecule has 11 heavy (non-hydrogen) atoms. The minimum Gasteiger partial charge on any atom is -0.374 e. The average molecular weight is 192 g/mol. The van der Waals surface area contributed by atoms with E-state index >= 15 is 0 Å². The fourth-order valence-electron chi connectivity index (χ4n) is 0.336. The number of rotatable bonds is 5. The predicted molar refractivity (Wildman–Crippen MR) is 35.6 cm³/mol. The molecule has 0 atom stereocenters. The first-order valence-electron chi connectivity index (χ1n) is 2.85. The molecule has 0 aromatic heterocycles. The number of alkyl halides is 4. The lowest BCUT2D eigenvalue weighted by Gasteiger charge is -2.14. The fraction of sp³-hybridized carbons (Fsp3) is 1.00. The molecule has 0 aliphatic carbocycles. The lowest BCUT2D eigenvalue weighted by Crippen LogP contribution is -2.32. The van der Waals surface area contributed by atoms with Crippen LogP contribution < -0.4 is 0 Å². The van der Waals surface area contributed by atoms with Crippen molar-refractivity contribution in [2.24, 2.45) is 0 Å². The summed E-state index contributed by atoms with van der Waals surface area (Å²) in [5.41, 5.74) is 0. The van der Waals surface area contributed by atoms with Crippen LogP contribution in [0.25, 0.3) is 0 Å². The standard InChI is InChI=1S/C5H8F4OS/c6-4(7)5(8,9)3-10-1-2-11/h4,11H,1-3H2. The number of halogens is 4. The summed E-state index contributed by atoms with van der Waals surface area (Å²) in [6.07, 6.45) is -3.66. The topological polar surface area (TPSA) is 9.23 Å². The van der Waals surface area contributed by atoms with Crippen LogP contribution >= 0.6 is 12.6 Å². The Morgan fingerprint density at radius 2 is 1.91 bits per heavy atom. The Morgan fingerprint density at radius 3 is 2.27 bits per heavy atom. The van der Waals surface area contributed by atoms with Gasteiger partial charge in [0, 0.05) is 5.75 Å². The quantitative estimate of drug-likeness (QED) is 0.397. The number of ether oxygens (including phenoxy) is 1. The van der Waals surface area contributed by atoms with Crippen LogP contribution in [-0.4, -0.2) is 31.3 Å². The molecule has 0 saturated heterocycles. The van der Waals surface area contributed by atoms with Crippen molar-refractivity contribution >= 4 is 12.6 Å². The summed E-state index contributed by atoms with van der Waals surface area (Å²) in [7, 11) is 0. The monoisotopic (exact) mass is 192 g/mol. The van der Waals surface area contributed by atoms with Crippen LogP contribution in [0.5, 0.6) is 0 Å². The van der Waals surface area contributed by atoms with Gasteiger partial charge >= 0.3 is 12.3 Å². The van der Waals surface area contributed by atoms with E-state index in [2.05, 4.69) is 17.4 Å². The largest absolute Gasteiger partial charge is 0.374 e. The number of hydrogen-bond donors (Lipinski definition) is 1. The molecule has 0 fully saturated rings. The number of thiol groups is 1. The summed E-state index contributed by atoms with van der Waals surface area (Å²) >= 11 is 3.64. The molecule has 0 N–H and O–H groups in total. The zero-order valence-corrected chi connectivity index (χ0v) is 6.46. The molecule has 0 heterocycles. The Bertz CT molecular complexity index is 109. The van der Waals surface area contributed by atoms with Gasteiger partial charge in [-0.1, -0.05) is 0 Å². The summed E-state index contributed by atoms with van der Waals surface area (Å²) in [5.74, 6) is -3.80. The van der Waals surface area contributed by atoms with Crippen molar-refractivity contribution in [1.29, 1.82) is 0 Å². The second-order valence-electron chi connectivity index (χ2n) is 1.84. The molecular formula is C5H8F4OS. The summed E-state index contributed by atoms with van der Waals surface area (Å²) in [6.45, 7) is -1.29. The smallest absolute Gasteiger partial charge is 0.330 e. The lowest BCUT2D eigenvalue weighted by atomic mass is 10.4. The molecule has 0 unspecified atom stereocenters. The summed E-state index contributed by atoms with van der Waals surface area (Å²) in [6, 6.07) is 0. The van der Waals surface area contributed by atoms with Crippen molar-refractivity contribution < 1.29 is 22.3 Å². The molecule has 0 aliphatic rings. The summed E-state index contributed by atoms with van der Waals surface area (Å²) in [4.78, 5) is 0. The number of hydrogen-bond acceptors (Lipinski definition) is 2. The third kappa shape index (κ3) is 4.47. The van der Waals surface area contributed by atoms with E-state index in [0.717, 1.165) is 0 Å². The Morgan fingerprint density at radius 1 is 1.36 bits per heavy atom. The SMILES string of the molecule is FC(F)C(F)(F)COCCS. The van der Waals surface area contributed by atoms with Gasteiger partial charge in [-0.05, 0) is 0 Å². The zero-order valence-electron chi connectivity index (χ0n) is 5.57. The summed E-state index contributed by atoms with van der Waals surface area (Å²) in [5, 5.41) is 0. The lowest BCUT2D eigenvalue weighted by molar-refractivity contribution is -0.164. The van der Waals surface area contributed by atoms with Gasteiger partial charge in [0.25, 0.3) is 0 Å². The van der Waals surface area contributed by atoms with Gasteiger partial charge < -0.3 is 4.74 Å². The van der Waals surface area contributed by atoms with Crippen LogP contribution in [0.2, 0.25) is 0 Å². The maximum Gasteiger partial charge on any atom is 0.330 e. The van der Waals surface area contributed by atoms with Gasteiger partial charge in [-0.25, -0.2) is 8.78 Å². The van der Waals surface area contributed by atoms with Crippen molar-refractivity contribution in [3.63, 3.8) is 0 Å². The van der Waals surface area contributed by atoms with Gasteiger partial charge in [0.15, 0.2) is 0 Å². The maximum absolute atomic E-state index is 12.0. The van der Waals surface area contributed by atoms with Gasteiger partial charge in [0.1, 0.15) is 6.61 Å². The van der Waals surface area contributed by atoms with Crippen LogP contribution in [0.3, 0.4) is 0 Å². The molecule has 0 amide bonds. The Hall–Kier alpha value is 0.0300. The van der Waals surface area contributed by atoms with E-state index in [-0.39, 0.29) is 12.4 Å². The molecule has 68 valence electrons. The molecular weight excluding hydrogens is 184 g/mol. The Labute approximate surface area is 67.1 Å². The Balaban J connectivity index is 3.55. The van der Waals surface area contributed by atoms with Crippen LogP contribution in [0.1, 0.15) is 0 Å². The molecule has 0 aromatic rings. The summed E-state index contributed by atoms with van der Waals surface area (Å²) < 4.78 is 50.9. The van der Waals surface area contributed by atoms with E-state index in [9.17, 15) is 17.6 Å². The van der Waals surface area contributed by atoms with E-state index < -0.39 is 19.0 Å². The minimum absolute atomic E-state index is 0.0502. The van der Waals surface area contributed by atoms with Gasteiger partial charge in [-0.3, -0.25) is 0 Å². The van der Waals surface area contributed by atoms with Crippen molar-refractivity contribution in [3.05, 3.63) is 0 Å². The molecule has 0 aromatic carbocycles. The van der Waals surface area contributed by atoms with Gasteiger partial charge in [0.05, 0.1) is 6.61 Å².